The van der Waals surface area contributed by atoms with Crippen LogP contribution in [0.1, 0.15) is 54.3 Å². The van der Waals surface area contributed by atoms with E-state index in [0.29, 0.717) is 28.4 Å². The molecule has 242 valence electrons. The molecule has 14 heteroatoms. The zero-order chi connectivity index (χ0) is 32.8. The van der Waals surface area contributed by atoms with Crippen molar-refractivity contribution in [3.63, 3.8) is 0 Å². The number of hydrogen-bond acceptors (Lipinski definition) is 9. The van der Waals surface area contributed by atoms with Crippen LogP contribution in [0.5, 0.6) is 23.0 Å². The molecule has 0 spiro atoms. The number of aromatic nitrogens is 1. The Kier molecular flexibility index (Phi) is 11.3. The summed E-state index contributed by atoms with van der Waals surface area (Å²) in [5.41, 5.74) is 6.54. The van der Waals surface area contributed by atoms with Crippen molar-refractivity contribution in [2.45, 2.75) is 51.9 Å². The van der Waals surface area contributed by atoms with Crippen LogP contribution in [0.2, 0.25) is 10.0 Å². The molecule has 3 aromatic rings. The lowest BCUT2D eigenvalue weighted by Crippen LogP contribution is -2.38. The quantitative estimate of drug-likeness (QED) is 0.0942. The van der Waals surface area contributed by atoms with Crippen LogP contribution >= 0.6 is 23.2 Å². The van der Waals surface area contributed by atoms with Crippen LogP contribution in [-0.4, -0.2) is 38.3 Å². The highest BCUT2D eigenvalue weighted by Gasteiger charge is 2.28. The largest absolute Gasteiger partial charge is 0.619 e. The fourth-order valence-corrected chi connectivity index (χ4v) is 4.79. The summed E-state index contributed by atoms with van der Waals surface area (Å²) >= 11 is 12.7. The van der Waals surface area contributed by atoms with Crippen molar-refractivity contribution in [1.29, 1.82) is 0 Å². The van der Waals surface area contributed by atoms with E-state index >= 15 is 0 Å². The molecule has 2 aromatic carbocycles. The molecule has 1 aliphatic carbocycles. The van der Waals surface area contributed by atoms with Gasteiger partial charge in [-0.15, -0.1) is 0 Å². The molecule has 0 radical (unpaired) electrons. The van der Waals surface area contributed by atoms with Gasteiger partial charge < -0.3 is 34.6 Å². The van der Waals surface area contributed by atoms with Gasteiger partial charge in [0, 0.05) is 12.0 Å². The molecule has 1 heterocycles. The molecule has 2 N–H and O–H groups in total. The smallest absolute Gasteiger partial charge is 0.387 e. The Bertz CT molecular complexity index is 1510. The van der Waals surface area contributed by atoms with Crippen LogP contribution in [0.4, 0.5) is 8.78 Å². The first-order valence-corrected chi connectivity index (χ1v) is 14.8. The van der Waals surface area contributed by atoms with Crippen molar-refractivity contribution in [2.75, 3.05) is 13.7 Å². The predicted octanol–water partition coefficient (Wildman–Crippen LogP) is 6.06. The highest BCUT2D eigenvalue weighted by molar-refractivity contribution is 6.35. The van der Waals surface area contributed by atoms with Crippen molar-refractivity contribution < 1.29 is 46.8 Å². The number of nitrogens with two attached hydrogens (primary N) is 1. The predicted molar refractivity (Wildman–Crippen MR) is 160 cm³/mol. The summed E-state index contributed by atoms with van der Waals surface area (Å²) in [6.07, 6.45) is 2.88. The summed E-state index contributed by atoms with van der Waals surface area (Å²) < 4.78 is 53.8. The molecule has 0 amide bonds. The molecular weight excluding hydrogens is 637 g/mol. The molecule has 0 bridgehead atoms. The SMILES string of the molecule is COc1ccc(C(=O)OC(Cc2c(Cl)c[n+]([O-])cc2Cl)c2ccc(OC(F)F)c(OCC3CC3)c2)cc1OC(=O)C(N)C(C)C. The standard InChI is InChI=1S/C31H32Cl2F2N2O8/c1-16(2)28(36)30(39)44-27-11-19(7-8-23(27)41-3)29(38)43-25(12-20-21(32)13-37(40)14-22(20)33)18-6-9-24(45-31(34)35)26(10-18)42-15-17-4-5-17/h6-11,13-14,16-17,25,28,31H,4-5,12,15,36H2,1-3H3. The molecule has 1 aliphatic rings. The number of pyridine rings is 1. The number of nitrogens with zero attached hydrogens (tertiary/aromatic N) is 1. The maximum atomic E-state index is 13.5. The minimum atomic E-state index is -3.10. The summed E-state index contributed by atoms with van der Waals surface area (Å²) in [5, 5.41) is 11.9. The van der Waals surface area contributed by atoms with Gasteiger partial charge in [0.15, 0.2) is 35.4 Å². The highest BCUT2D eigenvalue weighted by Crippen LogP contribution is 2.38. The third kappa shape index (κ3) is 9.09. The second-order valence-electron chi connectivity index (χ2n) is 10.8. The van der Waals surface area contributed by atoms with Crippen molar-refractivity contribution in [2.24, 2.45) is 17.6 Å². The van der Waals surface area contributed by atoms with Gasteiger partial charge in [0.05, 0.1) is 19.3 Å². The first-order valence-electron chi connectivity index (χ1n) is 14.0. The highest BCUT2D eigenvalue weighted by atomic mass is 35.5. The van der Waals surface area contributed by atoms with Crippen LogP contribution < -0.4 is 29.4 Å². The van der Waals surface area contributed by atoms with Crippen LogP contribution in [0.3, 0.4) is 0 Å². The maximum Gasteiger partial charge on any atom is 0.387 e. The fraction of sp³-hybridized carbons (Fsp3) is 0.387. The van der Waals surface area contributed by atoms with Gasteiger partial charge in [0.25, 0.3) is 0 Å². The first kappa shape index (κ1) is 34.0. The number of esters is 2. The van der Waals surface area contributed by atoms with Crippen molar-refractivity contribution in [1.82, 2.24) is 0 Å². The number of benzene rings is 2. The number of alkyl halides is 2. The zero-order valence-electron chi connectivity index (χ0n) is 24.6. The van der Waals surface area contributed by atoms with E-state index in [0.717, 1.165) is 25.2 Å². The Morgan fingerprint density at radius 2 is 1.69 bits per heavy atom. The van der Waals surface area contributed by atoms with Crippen LogP contribution in [0, 0.1) is 17.0 Å². The van der Waals surface area contributed by atoms with E-state index in [1.54, 1.807) is 13.8 Å². The number of rotatable bonds is 14. The summed E-state index contributed by atoms with van der Waals surface area (Å²) in [5.74, 6) is -1.51. The molecule has 1 aromatic heterocycles. The third-order valence-electron chi connectivity index (χ3n) is 7.02. The lowest BCUT2D eigenvalue weighted by Gasteiger charge is -2.22. The fourth-order valence-electron chi connectivity index (χ4n) is 4.19. The Morgan fingerprint density at radius 3 is 2.29 bits per heavy atom. The normalized spacial score (nSPS) is 14.2. The second kappa shape index (κ2) is 14.9. The molecule has 1 fully saturated rings. The number of carbonyl (C=O) groups excluding carboxylic acids is 2. The van der Waals surface area contributed by atoms with Gasteiger partial charge in [-0.3, -0.25) is 0 Å². The van der Waals surface area contributed by atoms with E-state index in [9.17, 15) is 23.6 Å². The number of ether oxygens (including phenoxy) is 5. The summed E-state index contributed by atoms with van der Waals surface area (Å²) in [7, 11) is 1.37. The Morgan fingerprint density at radius 1 is 1.02 bits per heavy atom. The van der Waals surface area contributed by atoms with Crippen LogP contribution in [0.15, 0.2) is 48.8 Å². The number of methoxy groups -OCH3 is 1. The lowest BCUT2D eigenvalue weighted by atomic mass is 10.0. The molecule has 2 unspecified atom stereocenters. The van der Waals surface area contributed by atoms with E-state index in [1.807, 2.05) is 0 Å². The van der Waals surface area contributed by atoms with Gasteiger partial charge >= 0.3 is 18.6 Å². The topological polar surface area (TPSA) is 133 Å². The summed E-state index contributed by atoms with van der Waals surface area (Å²) in [6.45, 7) is 0.712. The Balaban J connectivity index is 1.69. The van der Waals surface area contributed by atoms with Crippen LogP contribution in [-0.2, 0) is 16.0 Å². The third-order valence-corrected chi connectivity index (χ3v) is 7.68. The summed E-state index contributed by atoms with van der Waals surface area (Å²) in [6, 6.07) is 7.34. The molecule has 2 atom stereocenters. The van der Waals surface area contributed by atoms with Gasteiger partial charge in [-0.25, -0.2) is 9.59 Å². The number of hydrogen-bond donors (Lipinski definition) is 1. The molecule has 1 saturated carbocycles. The van der Waals surface area contributed by atoms with E-state index in [4.69, 9.17) is 47.9 Å². The molecule has 4 rings (SSSR count). The molecular formula is C31H32Cl2F2N2O8. The van der Waals surface area contributed by atoms with Gasteiger partial charge in [-0.05, 0) is 60.6 Å². The van der Waals surface area contributed by atoms with Crippen LogP contribution in [0.25, 0.3) is 0 Å². The number of carbonyl (C=O) groups is 2. The average molecular weight is 670 g/mol. The summed E-state index contributed by atoms with van der Waals surface area (Å²) in [4.78, 5) is 26.1. The lowest BCUT2D eigenvalue weighted by molar-refractivity contribution is -0.605. The minimum Gasteiger partial charge on any atom is -0.619 e. The maximum absolute atomic E-state index is 13.5. The first-order chi connectivity index (χ1) is 21.4. The Hall–Kier alpha value is -3.87. The van der Waals surface area contributed by atoms with Gasteiger partial charge in [-0.2, -0.15) is 13.5 Å². The van der Waals surface area contributed by atoms with E-state index in [2.05, 4.69) is 4.74 Å². The van der Waals surface area contributed by atoms with Crippen molar-refractivity contribution >= 4 is 35.1 Å². The average Bonchev–Trinajstić information content (AvgIpc) is 3.81. The Labute approximate surface area is 268 Å². The monoisotopic (exact) mass is 668 g/mol. The molecule has 0 saturated heterocycles. The van der Waals surface area contributed by atoms with Crippen molar-refractivity contribution in [3.8, 4) is 23.0 Å². The van der Waals surface area contributed by atoms with Gasteiger partial charge in [-0.1, -0.05) is 43.1 Å². The minimum absolute atomic E-state index is 0.00719. The molecule has 10 nitrogen and oxygen atoms in total. The van der Waals surface area contributed by atoms with Crippen molar-refractivity contribution in [3.05, 3.63) is 80.7 Å². The van der Waals surface area contributed by atoms with Gasteiger partial charge in [0.1, 0.15) is 22.2 Å². The zero-order valence-corrected chi connectivity index (χ0v) is 26.1. The molecule has 0 aliphatic heterocycles. The van der Waals surface area contributed by atoms with Gasteiger partial charge in [0.2, 0.25) is 0 Å². The number of halogens is 4. The molecule has 45 heavy (non-hydrogen) atoms. The van der Waals surface area contributed by atoms with E-state index < -0.39 is 30.7 Å². The second-order valence-corrected chi connectivity index (χ2v) is 11.6. The van der Waals surface area contributed by atoms with E-state index in [1.165, 1.54) is 43.5 Å². The van der Waals surface area contributed by atoms with E-state index in [-0.39, 0.29) is 50.9 Å².